The standard InChI is InChI=1S/C13H17FN4O2/c1-13(12(19)20,16-7-4-8-17-18-15)9-10-5-2-3-6-11(10)14/h2-3,5-6,16H,4,7-9H2,1H3,(H,19,20). The van der Waals surface area contributed by atoms with Crippen LogP contribution in [0, 0.1) is 5.82 Å². The predicted octanol–water partition coefficient (Wildman–Crippen LogP) is 2.50. The Labute approximate surface area is 116 Å². The van der Waals surface area contributed by atoms with Crippen molar-refractivity contribution in [3.05, 3.63) is 46.1 Å². The molecule has 0 saturated heterocycles. The third-order valence-electron chi connectivity index (χ3n) is 2.99. The molecule has 0 heterocycles. The fourth-order valence-electron chi connectivity index (χ4n) is 1.80. The van der Waals surface area contributed by atoms with Crippen molar-refractivity contribution in [3.63, 3.8) is 0 Å². The Morgan fingerprint density at radius 1 is 1.55 bits per heavy atom. The van der Waals surface area contributed by atoms with Crippen LogP contribution in [0.1, 0.15) is 18.9 Å². The van der Waals surface area contributed by atoms with Gasteiger partial charge in [0.05, 0.1) is 0 Å². The Kier molecular flexibility index (Phi) is 5.96. The van der Waals surface area contributed by atoms with E-state index in [1.54, 1.807) is 18.2 Å². The number of aliphatic carboxylic acids is 1. The first-order valence-corrected chi connectivity index (χ1v) is 6.22. The van der Waals surface area contributed by atoms with Gasteiger partial charge in [-0.25, -0.2) is 4.39 Å². The molecule has 0 amide bonds. The molecule has 0 spiro atoms. The lowest BCUT2D eigenvalue weighted by Crippen LogP contribution is -2.51. The molecule has 20 heavy (non-hydrogen) atoms. The average Bonchev–Trinajstić information content (AvgIpc) is 2.41. The van der Waals surface area contributed by atoms with E-state index in [9.17, 15) is 14.3 Å². The van der Waals surface area contributed by atoms with Crippen LogP contribution < -0.4 is 5.32 Å². The molecule has 0 fully saturated rings. The summed E-state index contributed by atoms with van der Waals surface area (Å²) in [5.41, 5.74) is 7.22. The number of azide groups is 1. The number of hydrogen-bond acceptors (Lipinski definition) is 3. The van der Waals surface area contributed by atoms with E-state index >= 15 is 0 Å². The van der Waals surface area contributed by atoms with E-state index in [0.717, 1.165) is 0 Å². The summed E-state index contributed by atoms with van der Waals surface area (Å²) < 4.78 is 13.6. The van der Waals surface area contributed by atoms with E-state index in [1.807, 2.05) is 0 Å². The van der Waals surface area contributed by atoms with Gasteiger partial charge in [0.15, 0.2) is 0 Å². The molecule has 0 aliphatic carbocycles. The van der Waals surface area contributed by atoms with E-state index in [2.05, 4.69) is 15.3 Å². The highest BCUT2D eigenvalue weighted by Crippen LogP contribution is 2.16. The lowest BCUT2D eigenvalue weighted by atomic mass is 9.92. The maximum Gasteiger partial charge on any atom is 0.323 e. The van der Waals surface area contributed by atoms with Crippen molar-refractivity contribution in [2.75, 3.05) is 13.1 Å². The third-order valence-corrected chi connectivity index (χ3v) is 2.99. The molecule has 0 aliphatic heterocycles. The number of nitrogens with one attached hydrogen (secondary N) is 1. The monoisotopic (exact) mass is 280 g/mol. The van der Waals surface area contributed by atoms with Crippen molar-refractivity contribution in [2.45, 2.75) is 25.3 Å². The van der Waals surface area contributed by atoms with E-state index in [4.69, 9.17) is 5.53 Å². The molecule has 0 bridgehead atoms. The molecular weight excluding hydrogens is 263 g/mol. The quantitative estimate of drug-likeness (QED) is 0.331. The topological polar surface area (TPSA) is 98.1 Å². The van der Waals surface area contributed by atoms with Crippen molar-refractivity contribution in [1.29, 1.82) is 0 Å². The van der Waals surface area contributed by atoms with Crippen LogP contribution in [0.4, 0.5) is 4.39 Å². The molecule has 1 rings (SSSR count). The molecule has 0 saturated carbocycles. The number of rotatable bonds is 8. The second-order valence-electron chi connectivity index (χ2n) is 4.64. The van der Waals surface area contributed by atoms with Crippen LogP contribution in [0.15, 0.2) is 29.4 Å². The first-order valence-electron chi connectivity index (χ1n) is 6.22. The molecule has 0 radical (unpaired) electrons. The number of nitrogens with zero attached hydrogens (tertiary/aromatic N) is 3. The predicted molar refractivity (Wildman–Crippen MR) is 72.8 cm³/mol. The zero-order chi connectivity index (χ0) is 15.0. The van der Waals surface area contributed by atoms with Gasteiger partial charge in [-0.15, -0.1) is 0 Å². The van der Waals surface area contributed by atoms with Crippen LogP contribution in [0.5, 0.6) is 0 Å². The first-order chi connectivity index (χ1) is 9.49. The highest BCUT2D eigenvalue weighted by molar-refractivity contribution is 5.78. The summed E-state index contributed by atoms with van der Waals surface area (Å²) >= 11 is 0. The van der Waals surface area contributed by atoms with Gasteiger partial charge >= 0.3 is 5.97 Å². The van der Waals surface area contributed by atoms with Crippen LogP contribution in [-0.2, 0) is 11.2 Å². The minimum absolute atomic E-state index is 0.0382. The van der Waals surface area contributed by atoms with Gasteiger partial charge in [-0.2, -0.15) is 0 Å². The van der Waals surface area contributed by atoms with Crippen LogP contribution in [0.2, 0.25) is 0 Å². The fourth-order valence-corrected chi connectivity index (χ4v) is 1.80. The molecule has 7 heteroatoms. The number of carboxylic acid groups (broad SMARTS) is 1. The van der Waals surface area contributed by atoms with Crippen molar-refractivity contribution in [2.24, 2.45) is 5.11 Å². The van der Waals surface area contributed by atoms with Crippen molar-refractivity contribution in [3.8, 4) is 0 Å². The molecule has 1 unspecified atom stereocenters. The molecule has 2 N–H and O–H groups in total. The number of benzene rings is 1. The normalized spacial score (nSPS) is 13.3. The summed E-state index contributed by atoms with van der Waals surface area (Å²) in [6, 6.07) is 6.10. The van der Waals surface area contributed by atoms with Crippen LogP contribution in [-0.4, -0.2) is 29.7 Å². The highest BCUT2D eigenvalue weighted by Gasteiger charge is 2.33. The fraction of sp³-hybridized carbons (Fsp3) is 0.462. The molecule has 108 valence electrons. The third kappa shape index (κ3) is 4.53. The number of carbonyl (C=O) groups is 1. The Hall–Kier alpha value is -2.11. The average molecular weight is 280 g/mol. The highest BCUT2D eigenvalue weighted by atomic mass is 19.1. The maximum absolute atomic E-state index is 13.6. The molecule has 0 aromatic heterocycles. The van der Waals surface area contributed by atoms with Gasteiger partial charge in [0, 0.05) is 17.9 Å². The summed E-state index contributed by atoms with van der Waals surface area (Å²) in [4.78, 5) is 14.0. The lowest BCUT2D eigenvalue weighted by molar-refractivity contribution is -0.144. The minimum atomic E-state index is -1.27. The SMILES string of the molecule is CC(Cc1ccccc1F)(NCCCN=[N+]=[N-])C(=O)O. The lowest BCUT2D eigenvalue weighted by Gasteiger charge is -2.26. The van der Waals surface area contributed by atoms with Crippen LogP contribution in [0.3, 0.4) is 0 Å². The van der Waals surface area contributed by atoms with Crippen molar-refractivity contribution >= 4 is 5.97 Å². The summed E-state index contributed by atoms with van der Waals surface area (Å²) in [6.07, 6.45) is 0.556. The minimum Gasteiger partial charge on any atom is -0.480 e. The second kappa shape index (κ2) is 7.47. The second-order valence-corrected chi connectivity index (χ2v) is 4.64. The van der Waals surface area contributed by atoms with Gasteiger partial charge in [0.25, 0.3) is 0 Å². The van der Waals surface area contributed by atoms with E-state index in [0.29, 0.717) is 25.1 Å². The van der Waals surface area contributed by atoms with E-state index in [-0.39, 0.29) is 6.42 Å². The van der Waals surface area contributed by atoms with Gasteiger partial charge in [-0.05, 0) is 37.1 Å². The van der Waals surface area contributed by atoms with Gasteiger partial charge in [-0.1, -0.05) is 23.3 Å². The number of hydrogen-bond donors (Lipinski definition) is 2. The number of halogens is 1. The van der Waals surface area contributed by atoms with E-state index in [1.165, 1.54) is 13.0 Å². The zero-order valence-corrected chi connectivity index (χ0v) is 11.2. The molecule has 6 nitrogen and oxygen atoms in total. The Morgan fingerprint density at radius 3 is 2.85 bits per heavy atom. The summed E-state index contributed by atoms with van der Waals surface area (Å²) in [7, 11) is 0. The Morgan fingerprint density at radius 2 is 2.25 bits per heavy atom. The van der Waals surface area contributed by atoms with Crippen molar-refractivity contribution in [1.82, 2.24) is 5.32 Å². The van der Waals surface area contributed by atoms with Gasteiger partial charge < -0.3 is 10.4 Å². The molecular formula is C13H17FN4O2. The van der Waals surface area contributed by atoms with Crippen LogP contribution in [0.25, 0.3) is 10.4 Å². The van der Waals surface area contributed by atoms with E-state index < -0.39 is 17.3 Å². The maximum atomic E-state index is 13.6. The number of carboxylic acids is 1. The molecule has 1 aromatic rings. The van der Waals surface area contributed by atoms with Gasteiger partial charge in [0.1, 0.15) is 11.4 Å². The largest absolute Gasteiger partial charge is 0.480 e. The summed E-state index contributed by atoms with van der Waals surface area (Å²) in [5, 5.41) is 15.6. The summed E-state index contributed by atoms with van der Waals surface area (Å²) in [5.74, 6) is -1.47. The molecule has 1 aromatic carbocycles. The Balaban J connectivity index is 2.69. The molecule has 1 atom stereocenters. The first kappa shape index (κ1) is 15.9. The summed E-state index contributed by atoms with van der Waals surface area (Å²) in [6.45, 7) is 2.17. The van der Waals surface area contributed by atoms with Gasteiger partial charge in [-0.3, -0.25) is 4.79 Å². The van der Waals surface area contributed by atoms with Gasteiger partial charge in [0.2, 0.25) is 0 Å². The zero-order valence-electron chi connectivity index (χ0n) is 11.2. The Bertz CT molecular complexity index is 517. The van der Waals surface area contributed by atoms with Crippen molar-refractivity contribution < 1.29 is 14.3 Å². The van der Waals surface area contributed by atoms with Crippen LogP contribution >= 0.6 is 0 Å². The molecule has 0 aliphatic rings. The smallest absolute Gasteiger partial charge is 0.323 e.